The number of carbonyl (C=O) groups is 2. The SMILES string of the molecule is CCN(CC(=O)O)C1CC(NC(=O)NC2(Cc3ccc(Cl)cc3)CCC2)C1. The Kier molecular flexibility index (Phi) is 6.27. The molecule has 2 fully saturated rings. The number of benzene rings is 1. The standard InChI is InChI=1S/C20H28ClN3O3/c1-2-24(13-18(25)26)17-10-16(11-17)22-19(27)23-20(8-3-9-20)12-14-4-6-15(21)7-5-14/h4-7,16-17H,2-3,8-13H2,1H3,(H,25,26)(H2,22,23,27). The fourth-order valence-electron chi connectivity index (χ4n) is 4.08. The lowest BCUT2D eigenvalue weighted by Gasteiger charge is -2.45. The molecule has 0 unspecified atom stereocenters. The van der Waals surface area contributed by atoms with E-state index in [0.717, 1.165) is 43.5 Å². The molecule has 1 aromatic carbocycles. The van der Waals surface area contributed by atoms with Gasteiger partial charge in [0.25, 0.3) is 0 Å². The Morgan fingerprint density at radius 1 is 1.26 bits per heavy atom. The van der Waals surface area contributed by atoms with Crippen molar-refractivity contribution in [1.29, 1.82) is 0 Å². The molecule has 2 aliphatic carbocycles. The molecule has 7 heteroatoms. The molecular weight excluding hydrogens is 366 g/mol. The number of carbonyl (C=O) groups excluding carboxylic acids is 1. The van der Waals surface area contributed by atoms with Crippen molar-refractivity contribution in [1.82, 2.24) is 15.5 Å². The van der Waals surface area contributed by atoms with E-state index in [1.807, 2.05) is 36.1 Å². The molecule has 0 bridgehead atoms. The maximum atomic E-state index is 12.5. The van der Waals surface area contributed by atoms with E-state index in [1.165, 1.54) is 5.56 Å². The van der Waals surface area contributed by atoms with E-state index in [4.69, 9.17) is 16.7 Å². The van der Waals surface area contributed by atoms with E-state index in [-0.39, 0.29) is 30.2 Å². The largest absolute Gasteiger partial charge is 0.480 e. The summed E-state index contributed by atoms with van der Waals surface area (Å²) in [5.74, 6) is -0.805. The van der Waals surface area contributed by atoms with Gasteiger partial charge in [0, 0.05) is 22.6 Å². The van der Waals surface area contributed by atoms with Crippen LogP contribution in [0.1, 0.15) is 44.6 Å². The number of hydrogen-bond acceptors (Lipinski definition) is 3. The van der Waals surface area contributed by atoms with Gasteiger partial charge < -0.3 is 15.7 Å². The summed E-state index contributed by atoms with van der Waals surface area (Å²) in [5.41, 5.74) is 1.01. The van der Waals surface area contributed by atoms with Crippen molar-refractivity contribution in [2.24, 2.45) is 0 Å². The van der Waals surface area contributed by atoms with Crippen molar-refractivity contribution in [3.63, 3.8) is 0 Å². The smallest absolute Gasteiger partial charge is 0.317 e. The Labute approximate surface area is 165 Å². The van der Waals surface area contributed by atoms with Crippen LogP contribution in [0.15, 0.2) is 24.3 Å². The highest BCUT2D eigenvalue weighted by molar-refractivity contribution is 6.30. The van der Waals surface area contributed by atoms with Crippen molar-refractivity contribution in [2.45, 2.75) is 63.1 Å². The third kappa shape index (κ3) is 5.14. The summed E-state index contributed by atoms with van der Waals surface area (Å²) >= 11 is 5.95. The third-order valence-corrected chi connectivity index (χ3v) is 6.11. The lowest BCUT2D eigenvalue weighted by atomic mass is 9.73. The molecule has 148 valence electrons. The second-order valence-corrected chi connectivity index (χ2v) is 8.25. The van der Waals surface area contributed by atoms with Gasteiger partial charge in [0.1, 0.15) is 0 Å². The molecule has 3 rings (SSSR count). The lowest BCUT2D eigenvalue weighted by molar-refractivity contribution is -0.139. The number of likely N-dealkylation sites (N-methyl/N-ethyl adjacent to an activating group) is 1. The summed E-state index contributed by atoms with van der Waals surface area (Å²) in [6.45, 7) is 2.73. The molecule has 27 heavy (non-hydrogen) atoms. The second kappa shape index (κ2) is 8.48. The monoisotopic (exact) mass is 393 g/mol. The molecule has 0 spiro atoms. The molecule has 6 nitrogen and oxygen atoms in total. The van der Waals surface area contributed by atoms with Gasteiger partial charge in [-0.3, -0.25) is 9.69 Å². The molecule has 2 aliphatic rings. The zero-order valence-corrected chi connectivity index (χ0v) is 16.5. The van der Waals surface area contributed by atoms with E-state index < -0.39 is 5.97 Å². The second-order valence-electron chi connectivity index (χ2n) is 7.81. The maximum absolute atomic E-state index is 12.5. The normalized spacial score (nSPS) is 23.2. The summed E-state index contributed by atoms with van der Waals surface area (Å²) in [6, 6.07) is 8.03. The van der Waals surface area contributed by atoms with Crippen LogP contribution in [0.4, 0.5) is 4.79 Å². The van der Waals surface area contributed by atoms with Gasteiger partial charge in [-0.05, 0) is 62.8 Å². The fourth-order valence-corrected chi connectivity index (χ4v) is 4.21. The number of nitrogens with one attached hydrogen (secondary N) is 2. The Bertz CT molecular complexity index is 670. The number of urea groups is 1. The molecule has 1 aromatic rings. The minimum atomic E-state index is -0.805. The minimum Gasteiger partial charge on any atom is -0.480 e. The molecule has 0 heterocycles. The first-order valence-electron chi connectivity index (χ1n) is 9.68. The third-order valence-electron chi connectivity index (χ3n) is 5.85. The van der Waals surface area contributed by atoms with Gasteiger partial charge in [-0.2, -0.15) is 0 Å². The van der Waals surface area contributed by atoms with E-state index in [0.29, 0.717) is 6.54 Å². The zero-order chi connectivity index (χ0) is 19.4. The Morgan fingerprint density at radius 3 is 2.44 bits per heavy atom. The average molecular weight is 394 g/mol. The van der Waals surface area contributed by atoms with E-state index in [9.17, 15) is 9.59 Å². The number of halogens is 1. The number of carboxylic acids is 1. The predicted octanol–water partition coefficient (Wildman–Crippen LogP) is 3.04. The van der Waals surface area contributed by atoms with Crippen LogP contribution in [-0.4, -0.2) is 52.7 Å². The van der Waals surface area contributed by atoms with Crippen molar-refractivity contribution < 1.29 is 14.7 Å². The molecule has 3 N–H and O–H groups in total. The van der Waals surface area contributed by atoms with Gasteiger partial charge in [0.05, 0.1) is 6.54 Å². The number of aliphatic carboxylic acids is 1. The summed E-state index contributed by atoms with van der Waals surface area (Å²) in [5, 5.41) is 15.9. The summed E-state index contributed by atoms with van der Waals surface area (Å²) < 4.78 is 0. The number of amides is 2. The van der Waals surface area contributed by atoms with Gasteiger partial charge in [0.2, 0.25) is 0 Å². The zero-order valence-electron chi connectivity index (χ0n) is 15.7. The van der Waals surface area contributed by atoms with E-state index >= 15 is 0 Å². The van der Waals surface area contributed by atoms with Gasteiger partial charge in [0.15, 0.2) is 0 Å². The molecule has 0 aromatic heterocycles. The van der Waals surface area contributed by atoms with Crippen molar-refractivity contribution in [3.05, 3.63) is 34.9 Å². The van der Waals surface area contributed by atoms with Crippen molar-refractivity contribution >= 4 is 23.6 Å². The summed E-state index contributed by atoms with van der Waals surface area (Å²) in [6.07, 6.45) is 5.52. The number of nitrogens with zero attached hydrogens (tertiary/aromatic N) is 1. The van der Waals surface area contributed by atoms with Gasteiger partial charge >= 0.3 is 12.0 Å². The summed E-state index contributed by atoms with van der Waals surface area (Å²) in [4.78, 5) is 25.3. The predicted molar refractivity (Wildman–Crippen MR) is 105 cm³/mol. The van der Waals surface area contributed by atoms with Crippen LogP contribution < -0.4 is 10.6 Å². The number of hydrogen-bond donors (Lipinski definition) is 3. The Balaban J connectivity index is 1.46. The van der Waals surface area contributed by atoms with E-state index in [2.05, 4.69) is 10.6 Å². The molecule has 2 saturated carbocycles. The van der Waals surface area contributed by atoms with Gasteiger partial charge in [-0.1, -0.05) is 30.7 Å². The van der Waals surface area contributed by atoms with Crippen LogP contribution in [0, 0.1) is 0 Å². The topological polar surface area (TPSA) is 81.7 Å². The van der Waals surface area contributed by atoms with Gasteiger partial charge in [-0.15, -0.1) is 0 Å². The molecule has 0 saturated heterocycles. The maximum Gasteiger partial charge on any atom is 0.317 e. The molecule has 0 radical (unpaired) electrons. The molecule has 2 amide bonds. The van der Waals surface area contributed by atoms with Crippen LogP contribution in [0.2, 0.25) is 5.02 Å². The molecular formula is C20H28ClN3O3. The fraction of sp³-hybridized carbons (Fsp3) is 0.600. The van der Waals surface area contributed by atoms with Crippen LogP contribution in [-0.2, 0) is 11.2 Å². The first-order valence-corrected chi connectivity index (χ1v) is 10.1. The van der Waals surface area contributed by atoms with Gasteiger partial charge in [-0.25, -0.2) is 4.79 Å². The van der Waals surface area contributed by atoms with Crippen LogP contribution in [0.5, 0.6) is 0 Å². The summed E-state index contributed by atoms with van der Waals surface area (Å²) in [7, 11) is 0. The molecule has 0 atom stereocenters. The minimum absolute atomic E-state index is 0.0598. The quantitative estimate of drug-likeness (QED) is 0.634. The first-order chi connectivity index (χ1) is 12.9. The van der Waals surface area contributed by atoms with E-state index in [1.54, 1.807) is 0 Å². The highest BCUT2D eigenvalue weighted by atomic mass is 35.5. The highest BCUT2D eigenvalue weighted by Gasteiger charge is 2.40. The average Bonchev–Trinajstić information content (AvgIpc) is 2.55. The Morgan fingerprint density at radius 2 is 1.93 bits per heavy atom. The van der Waals surface area contributed by atoms with Crippen molar-refractivity contribution in [3.8, 4) is 0 Å². The highest BCUT2D eigenvalue weighted by Crippen LogP contribution is 2.35. The van der Waals surface area contributed by atoms with Crippen LogP contribution in [0.3, 0.4) is 0 Å². The lowest BCUT2D eigenvalue weighted by Crippen LogP contribution is -2.61. The first kappa shape index (κ1) is 20.0. The van der Waals surface area contributed by atoms with Crippen LogP contribution in [0.25, 0.3) is 0 Å². The van der Waals surface area contributed by atoms with Crippen molar-refractivity contribution in [2.75, 3.05) is 13.1 Å². The Hall–Kier alpha value is -1.79. The number of carboxylic acid groups (broad SMARTS) is 1. The van der Waals surface area contributed by atoms with Crippen LogP contribution >= 0.6 is 11.6 Å². The molecule has 0 aliphatic heterocycles. The number of rotatable bonds is 8.